The Morgan fingerprint density at radius 3 is 2.29 bits per heavy atom. The molecule has 0 aliphatic heterocycles. The van der Waals surface area contributed by atoms with Crippen molar-refractivity contribution in [3.63, 3.8) is 0 Å². The summed E-state index contributed by atoms with van der Waals surface area (Å²) in [6, 6.07) is -0.838. The Morgan fingerprint density at radius 2 is 2.00 bits per heavy atom. The zero-order valence-corrected chi connectivity index (χ0v) is 10.4. The van der Waals surface area contributed by atoms with Crippen molar-refractivity contribution in [2.45, 2.75) is 26.1 Å². The number of hydrogen-bond donors (Lipinski definition) is 3. The molecule has 0 aromatic rings. The van der Waals surface area contributed by atoms with E-state index in [1.54, 1.807) is 7.05 Å². The first-order valence-corrected chi connectivity index (χ1v) is 5.26. The molecule has 6 heteroatoms. The molecule has 0 fully saturated rings. The third-order valence-corrected chi connectivity index (χ3v) is 2.89. The molecular weight excluding hydrogens is 231 g/mol. The Labute approximate surface area is 99.9 Å². The lowest BCUT2D eigenvalue weighted by Crippen LogP contribution is -2.48. The second-order valence-corrected chi connectivity index (χ2v) is 4.00. The number of nitrogens with two attached hydrogens (primary N) is 1. The van der Waals surface area contributed by atoms with E-state index in [0.29, 0.717) is 5.70 Å². The average Bonchev–Trinajstić information content (AvgIpc) is 2.24. The van der Waals surface area contributed by atoms with Crippen molar-refractivity contribution in [3.05, 3.63) is 24.6 Å². The second kappa shape index (κ2) is 5.95. The molecule has 4 N–H and O–H groups in total. The van der Waals surface area contributed by atoms with Gasteiger partial charge in [-0.05, 0) is 26.1 Å². The molecule has 0 aliphatic rings. The predicted molar refractivity (Wildman–Crippen MR) is 63.2 cm³/mol. The van der Waals surface area contributed by atoms with Gasteiger partial charge in [-0.25, -0.2) is 0 Å². The fourth-order valence-electron chi connectivity index (χ4n) is 1.40. The van der Waals surface area contributed by atoms with Crippen LogP contribution in [0.3, 0.4) is 0 Å². The van der Waals surface area contributed by atoms with Crippen LogP contribution < -0.4 is 16.4 Å². The fraction of sp³-hybridized carbons (Fsp3) is 0.636. The topological polar surface area (TPSA) is 50.1 Å². The maximum atomic E-state index is 13.1. The van der Waals surface area contributed by atoms with Crippen LogP contribution in [0.1, 0.15) is 13.8 Å². The SMILES string of the molecule is C=CNC(C)C(C)(/C=C(/CN)NC)C(F)(F)F. The van der Waals surface area contributed by atoms with Gasteiger partial charge in [0, 0.05) is 25.3 Å². The Morgan fingerprint density at radius 1 is 1.47 bits per heavy atom. The van der Waals surface area contributed by atoms with Crippen molar-refractivity contribution in [2.24, 2.45) is 11.1 Å². The quantitative estimate of drug-likeness (QED) is 0.674. The van der Waals surface area contributed by atoms with E-state index in [1.807, 2.05) is 0 Å². The minimum Gasteiger partial charge on any atom is -0.391 e. The zero-order valence-electron chi connectivity index (χ0n) is 10.4. The minimum absolute atomic E-state index is 0.0307. The highest BCUT2D eigenvalue weighted by Crippen LogP contribution is 2.42. The summed E-state index contributed by atoms with van der Waals surface area (Å²) >= 11 is 0. The van der Waals surface area contributed by atoms with Gasteiger partial charge in [-0.1, -0.05) is 6.58 Å². The van der Waals surface area contributed by atoms with E-state index in [9.17, 15) is 13.2 Å². The van der Waals surface area contributed by atoms with Gasteiger partial charge in [0.2, 0.25) is 0 Å². The number of halogens is 3. The van der Waals surface area contributed by atoms with Crippen molar-refractivity contribution < 1.29 is 13.2 Å². The number of alkyl halides is 3. The van der Waals surface area contributed by atoms with Gasteiger partial charge < -0.3 is 16.4 Å². The van der Waals surface area contributed by atoms with E-state index < -0.39 is 17.6 Å². The highest BCUT2D eigenvalue weighted by molar-refractivity contribution is 5.14. The summed E-state index contributed by atoms with van der Waals surface area (Å²) in [5.74, 6) is 0. The van der Waals surface area contributed by atoms with E-state index >= 15 is 0 Å². The lowest BCUT2D eigenvalue weighted by Gasteiger charge is -2.35. The summed E-state index contributed by atoms with van der Waals surface area (Å²) < 4.78 is 39.4. The third-order valence-electron chi connectivity index (χ3n) is 2.89. The maximum Gasteiger partial charge on any atom is 0.399 e. The molecule has 0 bridgehead atoms. The highest BCUT2D eigenvalue weighted by atomic mass is 19.4. The number of nitrogens with one attached hydrogen (secondary N) is 2. The van der Waals surface area contributed by atoms with Crippen LogP contribution in [0.5, 0.6) is 0 Å². The maximum absolute atomic E-state index is 13.1. The fourth-order valence-corrected chi connectivity index (χ4v) is 1.40. The Hall–Kier alpha value is -1.17. The molecule has 17 heavy (non-hydrogen) atoms. The normalized spacial score (nSPS) is 18.2. The highest BCUT2D eigenvalue weighted by Gasteiger charge is 2.53. The first-order chi connectivity index (χ1) is 7.72. The molecule has 2 atom stereocenters. The molecule has 0 rings (SSSR count). The molecule has 0 amide bonds. The van der Waals surface area contributed by atoms with Gasteiger partial charge >= 0.3 is 6.18 Å². The molecule has 0 spiro atoms. The predicted octanol–water partition coefficient (Wildman–Crippen LogP) is 1.74. The van der Waals surface area contributed by atoms with Crippen LogP contribution in [0.2, 0.25) is 0 Å². The van der Waals surface area contributed by atoms with Gasteiger partial charge in [0.05, 0.1) is 0 Å². The zero-order chi connectivity index (χ0) is 13.7. The molecule has 3 nitrogen and oxygen atoms in total. The van der Waals surface area contributed by atoms with E-state index in [4.69, 9.17) is 5.73 Å². The van der Waals surface area contributed by atoms with Crippen LogP contribution >= 0.6 is 0 Å². The molecule has 100 valence electrons. The van der Waals surface area contributed by atoms with Gasteiger partial charge in [0.15, 0.2) is 0 Å². The van der Waals surface area contributed by atoms with Crippen LogP contribution in [0, 0.1) is 5.41 Å². The second-order valence-electron chi connectivity index (χ2n) is 4.00. The van der Waals surface area contributed by atoms with Crippen LogP contribution in [0.15, 0.2) is 24.6 Å². The average molecular weight is 251 g/mol. The van der Waals surface area contributed by atoms with Crippen molar-refractivity contribution in [2.75, 3.05) is 13.6 Å². The van der Waals surface area contributed by atoms with Gasteiger partial charge in [0.1, 0.15) is 5.41 Å². The van der Waals surface area contributed by atoms with Gasteiger partial charge in [-0.15, -0.1) is 0 Å². The molecule has 0 saturated carbocycles. The number of rotatable bonds is 6. The Bertz CT molecular complexity index is 280. The van der Waals surface area contributed by atoms with Gasteiger partial charge in [-0.2, -0.15) is 13.2 Å². The molecule has 0 radical (unpaired) electrons. The lowest BCUT2D eigenvalue weighted by atomic mass is 9.81. The third kappa shape index (κ3) is 3.66. The van der Waals surface area contributed by atoms with E-state index in [0.717, 1.165) is 13.0 Å². The molecule has 0 saturated heterocycles. The first kappa shape index (κ1) is 15.8. The van der Waals surface area contributed by atoms with Crippen molar-refractivity contribution in [3.8, 4) is 0 Å². The summed E-state index contributed by atoms with van der Waals surface area (Å²) in [5, 5.41) is 5.24. The summed E-state index contributed by atoms with van der Waals surface area (Å²) in [6.45, 7) is 5.99. The van der Waals surface area contributed by atoms with Crippen molar-refractivity contribution in [1.82, 2.24) is 10.6 Å². The van der Waals surface area contributed by atoms with Crippen LogP contribution in [0.4, 0.5) is 13.2 Å². The summed E-state index contributed by atoms with van der Waals surface area (Å²) in [6.07, 6.45) is -2.00. The largest absolute Gasteiger partial charge is 0.399 e. The molecule has 0 aliphatic carbocycles. The summed E-state index contributed by atoms with van der Waals surface area (Å²) in [5.41, 5.74) is 3.70. The van der Waals surface area contributed by atoms with Crippen molar-refractivity contribution >= 4 is 0 Å². The Kier molecular flexibility index (Phi) is 5.54. The molecular formula is C11H20F3N3. The number of hydrogen-bond acceptors (Lipinski definition) is 3. The molecule has 0 aromatic heterocycles. The van der Waals surface area contributed by atoms with E-state index in [-0.39, 0.29) is 6.54 Å². The molecule has 0 aromatic carbocycles. The standard InChI is InChI=1S/C11H20F3N3/c1-5-17-8(2)10(3,11(12,13)14)6-9(7-15)16-4/h5-6,8,16-17H,1,7,15H2,2-4H3/b9-6-. The first-order valence-electron chi connectivity index (χ1n) is 5.26. The van der Waals surface area contributed by atoms with Crippen LogP contribution in [-0.4, -0.2) is 25.8 Å². The van der Waals surface area contributed by atoms with Crippen molar-refractivity contribution in [1.29, 1.82) is 0 Å². The monoisotopic (exact) mass is 251 g/mol. The van der Waals surface area contributed by atoms with E-state index in [1.165, 1.54) is 13.1 Å². The van der Waals surface area contributed by atoms with E-state index in [2.05, 4.69) is 17.2 Å². The van der Waals surface area contributed by atoms with Crippen LogP contribution in [0.25, 0.3) is 0 Å². The molecule has 0 heterocycles. The lowest BCUT2D eigenvalue weighted by molar-refractivity contribution is -0.207. The van der Waals surface area contributed by atoms with Gasteiger partial charge in [0.25, 0.3) is 0 Å². The van der Waals surface area contributed by atoms with Gasteiger partial charge in [-0.3, -0.25) is 0 Å². The minimum atomic E-state index is -4.38. The Balaban J connectivity index is 5.39. The van der Waals surface area contributed by atoms with Crippen LogP contribution in [-0.2, 0) is 0 Å². The summed E-state index contributed by atoms with van der Waals surface area (Å²) in [7, 11) is 1.54. The number of likely N-dealkylation sites (N-methyl/N-ethyl adjacent to an activating group) is 1. The summed E-state index contributed by atoms with van der Waals surface area (Å²) in [4.78, 5) is 0. The molecule has 2 unspecified atom stereocenters. The smallest absolute Gasteiger partial charge is 0.391 e.